The van der Waals surface area contributed by atoms with Crippen LogP contribution in [0.5, 0.6) is 0 Å². The van der Waals surface area contributed by atoms with Crippen molar-refractivity contribution in [3.8, 4) is 0 Å². The van der Waals surface area contributed by atoms with E-state index >= 15 is 0 Å². The number of thiazole rings is 1. The van der Waals surface area contributed by atoms with Gasteiger partial charge >= 0.3 is 22.4 Å². The Morgan fingerprint density at radius 2 is 2.11 bits per heavy atom. The zero-order valence-electron chi connectivity index (χ0n) is 17.5. The van der Waals surface area contributed by atoms with E-state index in [-0.39, 0.29) is 21.5 Å². The molecule has 1 aliphatic heterocycles. The first kappa shape index (κ1) is 27.2. The summed E-state index contributed by atoms with van der Waals surface area (Å²) in [5, 5.41) is 17.5. The van der Waals surface area contributed by atoms with Crippen LogP contribution in [0.15, 0.2) is 10.5 Å². The number of carboxylic acid groups (broad SMARTS) is 1. The number of rotatable bonds is 12. The van der Waals surface area contributed by atoms with Crippen molar-refractivity contribution in [1.82, 2.24) is 19.9 Å². The second kappa shape index (κ2) is 11.4. The van der Waals surface area contributed by atoms with Crippen molar-refractivity contribution in [3.63, 3.8) is 0 Å². The molecule has 1 saturated heterocycles. The predicted octanol–water partition coefficient (Wildman–Crippen LogP) is -2.73. The number of nitrogens with two attached hydrogens (primary N) is 1. The molecule has 35 heavy (non-hydrogen) atoms. The minimum atomic E-state index is -5.11. The van der Waals surface area contributed by atoms with Gasteiger partial charge in [0.2, 0.25) is 13.0 Å². The molecule has 2 rings (SSSR count). The topological polar surface area (TPSA) is 266 Å². The summed E-state index contributed by atoms with van der Waals surface area (Å²) < 4.78 is 41.7. The van der Waals surface area contributed by atoms with E-state index in [1.165, 1.54) is 12.3 Å². The van der Waals surface area contributed by atoms with Gasteiger partial charge in [0.25, 0.3) is 11.8 Å². The molecular weight excluding hydrogens is 520 g/mol. The Morgan fingerprint density at radius 3 is 2.66 bits per heavy atom. The molecule has 192 valence electrons. The van der Waals surface area contributed by atoms with E-state index in [1.807, 2.05) is 0 Å². The Balaban J connectivity index is 2.19. The Labute approximate surface area is 199 Å². The highest BCUT2D eigenvalue weighted by atomic mass is 32.2. The molecule has 1 aliphatic rings. The number of amides is 3. The van der Waals surface area contributed by atoms with E-state index in [0.717, 1.165) is 11.3 Å². The number of nitrogens with one attached hydrogen (secondary N) is 2. The molecule has 2 heterocycles. The lowest BCUT2D eigenvalue weighted by molar-refractivity contribution is -0.147. The molecular formula is C15H18N6O12S2. The maximum absolute atomic E-state index is 12.7. The summed E-state index contributed by atoms with van der Waals surface area (Å²) in [5.74, 6) is -3.86. The Morgan fingerprint density at radius 1 is 1.43 bits per heavy atom. The van der Waals surface area contributed by atoms with Gasteiger partial charge in [0.1, 0.15) is 24.4 Å². The van der Waals surface area contributed by atoms with Gasteiger partial charge in [0, 0.05) is 5.38 Å². The van der Waals surface area contributed by atoms with Gasteiger partial charge in [-0.05, 0) is 6.92 Å². The molecule has 1 fully saturated rings. The molecule has 3 amide bonds. The van der Waals surface area contributed by atoms with E-state index < -0.39 is 71.5 Å². The van der Waals surface area contributed by atoms with Crippen LogP contribution in [0.4, 0.5) is 9.93 Å². The first-order valence-corrected chi connectivity index (χ1v) is 11.4. The van der Waals surface area contributed by atoms with Gasteiger partial charge in [0.15, 0.2) is 17.1 Å². The summed E-state index contributed by atoms with van der Waals surface area (Å²) in [5.41, 5.74) is 4.75. The molecule has 20 heteroatoms. The van der Waals surface area contributed by atoms with Gasteiger partial charge in [-0.3, -0.25) is 18.9 Å². The van der Waals surface area contributed by atoms with Gasteiger partial charge in [-0.1, -0.05) is 5.16 Å². The molecule has 0 aliphatic carbocycles. The summed E-state index contributed by atoms with van der Waals surface area (Å²) in [6.07, 6.45) is -2.23. The third kappa shape index (κ3) is 7.22. The summed E-state index contributed by atoms with van der Waals surface area (Å²) >= 11 is 0.901. The number of carboxylic acids is 1. The molecule has 0 radical (unpaired) electrons. The molecule has 0 bridgehead atoms. The SMILES string of the molecule is CC(NC=O)OC(=O)OC[C@H]1[C@@H](NC(=O)C(=NOCC(=O)O)c2csc(N)n2)C(=O)N1S(=O)(=O)O. The van der Waals surface area contributed by atoms with Crippen LogP contribution in [0.3, 0.4) is 0 Å². The second-order valence-electron chi connectivity index (χ2n) is 6.41. The molecule has 1 unspecified atom stereocenters. The zero-order valence-corrected chi connectivity index (χ0v) is 19.1. The molecule has 0 saturated carbocycles. The number of oxime groups is 1. The molecule has 0 spiro atoms. The number of nitrogen functional groups attached to an aromatic ring is 1. The van der Waals surface area contributed by atoms with Crippen LogP contribution in [0.1, 0.15) is 12.6 Å². The van der Waals surface area contributed by atoms with Crippen molar-refractivity contribution in [2.45, 2.75) is 25.2 Å². The highest BCUT2D eigenvalue weighted by Crippen LogP contribution is 2.24. The fourth-order valence-electron chi connectivity index (χ4n) is 2.55. The number of hydrogen-bond donors (Lipinski definition) is 5. The fourth-order valence-corrected chi connectivity index (χ4v) is 3.96. The molecule has 0 aromatic carbocycles. The molecule has 18 nitrogen and oxygen atoms in total. The minimum absolute atomic E-state index is 0.0130. The number of ether oxygens (including phenoxy) is 2. The van der Waals surface area contributed by atoms with Crippen LogP contribution < -0.4 is 16.4 Å². The van der Waals surface area contributed by atoms with Gasteiger partial charge in [0.05, 0.1) is 0 Å². The van der Waals surface area contributed by atoms with Crippen molar-refractivity contribution in [1.29, 1.82) is 0 Å². The van der Waals surface area contributed by atoms with E-state index in [4.69, 9.17) is 15.6 Å². The summed E-state index contributed by atoms with van der Waals surface area (Å²) in [7, 11) is -5.11. The summed E-state index contributed by atoms with van der Waals surface area (Å²) in [6.45, 7) is -0.519. The molecule has 3 atom stereocenters. The number of aromatic nitrogens is 1. The van der Waals surface area contributed by atoms with Crippen LogP contribution >= 0.6 is 11.3 Å². The zero-order chi connectivity index (χ0) is 26.3. The first-order chi connectivity index (χ1) is 16.3. The lowest BCUT2D eigenvalue weighted by Gasteiger charge is -2.43. The van der Waals surface area contributed by atoms with Gasteiger partial charge < -0.3 is 35.8 Å². The average molecular weight is 538 g/mol. The third-order valence-electron chi connectivity index (χ3n) is 3.98. The van der Waals surface area contributed by atoms with Crippen LogP contribution in [-0.2, 0) is 43.8 Å². The number of carbonyl (C=O) groups excluding carboxylic acids is 4. The monoisotopic (exact) mass is 538 g/mol. The van der Waals surface area contributed by atoms with E-state index in [2.05, 4.69) is 30.3 Å². The van der Waals surface area contributed by atoms with Gasteiger partial charge in [-0.25, -0.2) is 18.9 Å². The first-order valence-electron chi connectivity index (χ1n) is 9.13. The Hall–Kier alpha value is -4.04. The number of nitrogens with zero attached hydrogens (tertiary/aromatic N) is 3. The largest absolute Gasteiger partial charge is 0.510 e. The Bertz CT molecular complexity index is 1140. The highest BCUT2D eigenvalue weighted by molar-refractivity contribution is 7.84. The standard InChI is InChI=1S/C15H18N6O12S2/c1-6(17-5-22)33-15(27)31-2-8-11(13(26)21(8)35(28,29)30)19-12(25)10(20-32-3-9(23)24)7-4-34-14(16)18-7/h4-6,8,11H,2-3H2,1H3,(H2,16,18)(H,17,22)(H,19,25)(H,23,24)(H,28,29,30)/t6?,8-,11+/m0/s1. The third-order valence-corrected chi connectivity index (χ3v) is 5.60. The van der Waals surface area contributed by atoms with Crippen LogP contribution in [0.25, 0.3) is 0 Å². The van der Waals surface area contributed by atoms with Gasteiger partial charge in [-0.15, -0.1) is 11.3 Å². The number of anilines is 1. The average Bonchev–Trinajstić information content (AvgIpc) is 3.16. The number of hydrogen-bond acceptors (Lipinski definition) is 14. The highest BCUT2D eigenvalue weighted by Gasteiger charge is 2.55. The number of aliphatic carboxylic acids is 1. The number of β-lactam (4-membered cyclic amide) rings is 1. The summed E-state index contributed by atoms with van der Waals surface area (Å²) in [4.78, 5) is 66.1. The van der Waals surface area contributed by atoms with Crippen LogP contribution in [0.2, 0.25) is 0 Å². The maximum Gasteiger partial charge on any atom is 0.510 e. The van der Waals surface area contributed by atoms with E-state index in [9.17, 15) is 36.9 Å². The van der Waals surface area contributed by atoms with Crippen molar-refractivity contribution >= 4 is 62.8 Å². The molecule has 6 N–H and O–H groups in total. The quantitative estimate of drug-likeness (QED) is 0.0344. The van der Waals surface area contributed by atoms with Crippen molar-refractivity contribution in [2.75, 3.05) is 18.9 Å². The summed E-state index contributed by atoms with van der Waals surface area (Å²) in [6, 6.07) is -3.26. The Kier molecular flexibility index (Phi) is 8.86. The fraction of sp³-hybridized carbons (Fsp3) is 0.400. The molecule has 1 aromatic heterocycles. The normalized spacial score (nSPS) is 18.6. The van der Waals surface area contributed by atoms with Crippen molar-refractivity contribution in [2.24, 2.45) is 5.16 Å². The minimum Gasteiger partial charge on any atom is -0.479 e. The van der Waals surface area contributed by atoms with Crippen molar-refractivity contribution in [3.05, 3.63) is 11.1 Å². The van der Waals surface area contributed by atoms with Crippen LogP contribution in [-0.4, -0.2) is 95.0 Å². The lowest BCUT2D eigenvalue weighted by Crippen LogP contribution is -2.73. The predicted molar refractivity (Wildman–Crippen MR) is 112 cm³/mol. The van der Waals surface area contributed by atoms with Crippen LogP contribution in [0, 0.1) is 0 Å². The van der Waals surface area contributed by atoms with Crippen molar-refractivity contribution < 1.29 is 56.4 Å². The number of carbonyl (C=O) groups is 5. The van der Waals surface area contributed by atoms with E-state index in [0.29, 0.717) is 0 Å². The maximum atomic E-state index is 12.7. The molecule has 1 aromatic rings. The second-order valence-corrected chi connectivity index (χ2v) is 8.59. The van der Waals surface area contributed by atoms with Gasteiger partial charge in [-0.2, -0.15) is 8.42 Å². The van der Waals surface area contributed by atoms with E-state index in [1.54, 1.807) is 0 Å². The smallest absolute Gasteiger partial charge is 0.479 e. The lowest BCUT2D eigenvalue weighted by atomic mass is 9.99.